The van der Waals surface area contributed by atoms with E-state index in [0.717, 1.165) is 66.3 Å². The molecule has 8 heteroatoms. The zero-order valence-corrected chi connectivity index (χ0v) is 37.5. The Bertz CT molecular complexity index is 4060. The maximum atomic E-state index is 5.53. The summed E-state index contributed by atoms with van der Waals surface area (Å²) in [4.78, 5) is 32.6. The third kappa shape index (κ3) is 5.64. The first-order valence-corrected chi connectivity index (χ1v) is 23.7. The number of benzene rings is 9. The Morgan fingerprint density at radius 1 is 0.300 bits per heavy atom. The van der Waals surface area contributed by atoms with Crippen LogP contribution in [0.5, 0.6) is 0 Å². The fourth-order valence-corrected chi connectivity index (χ4v) is 11.5. The van der Waals surface area contributed by atoms with Crippen LogP contribution in [0.3, 0.4) is 0 Å². The van der Waals surface area contributed by atoms with Gasteiger partial charge in [-0.15, -0.1) is 0 Å². The largest absolute Gasteiger partial charge is 0.309 e. The first-order chi connectivity index (χ1) is 34.7. The number of rotatable bonds is 6. The summed E-state index contributed by atoms with van der Waals surface area (Å²) in [6, 6.07) is 76.9. The van der Waals surface area contributed by atoms with Gasteiger partial charge >= 0.3 is 0 Å². The fraction of sp³-hybridized carbons (Fsp3) is 0.0323. The summed E-state index contributed by atoms with van der Waals surface area (Å²) < 4.78 is 4.58. The van der Waals surface area contributed by atoms with E-state index >= 15 is 0 Å². The summed E-state index contributed by atoms with van der Waals surface area (Å²) in [5, 5.41) is 4.56. The Hall–Kier alpha value is -9.40. The van der Waals surface area contributed by atoms with E-state index in [0.29, 0.717) is 35.1 Å². The normalized spacial score (nSPS) is 13.0. The lowest BCUT2D eigenvalue weighted by atomic mass is 9.94. The highest BCUT2D eigenvalue weighted by Gasteiger charge is 2.36. The summed E-state index contributed by atoms with van der Waals surface area (Å²) in [6.45, 7) is 0. The summed E-state index contributed by atoms with van der Waals surface area (Å²) in [5.74, 6) is 2.54. The molecule has 2 aliphatic carbocycles. The van der Waals surface area contributed by atoms with E-state index in [9.17, 15) is 0 Å². The number of hydrogen-bond acceptors (Lipinski definition) is 6. The molecule has 4 aromatic heterocycles. The van der Waals surface area contributed by atoms with Crippen LogP contribution < -0.4 is 0 Å². The average Bonchev–Trinajstić information content (AvgIpc) is 4.16. The minimum atomic E-state index is -0.245. The molecule has 0 saturated carbocycles. The van der Waals surface area contributed by atoms with Gasteiger partial charge in [0.15, 0.2) is 5.82 Å². The second-order valence-electron chi connectivity index (χ2n) is 18.1. The molecule has 0 saturated heterocycles. The lowest BCUT2D eigenvalue weighted by molar-refractivity contribution is 0.772. The highest BCUT2D eigenvalue weighted by Crippen LogP contribution is 2.50. The molecule has 0 N–H and O–H groups in total. The molecule has 9 aromatic carbocycles. The Morgan fingerprint density at radius 3 is 1.34 bits per heavy atom. The third-order valence-electron chi connectivity index (χ3n) is 14.4. The second-order valence-corrected chi connectivity index (χ2v) is 18.1. The molecule has 4 heterocycles. The molecule has 0 fully saturated rings. The van der Waals surface area contributed by atoms with Gasteiger partial charge in [-0.05, 0) is 74.8 Å². The van der Waals surface area contributed by atoms with Crippen LogP contribution in [0, 0.1) is 0 Å². The quantitative estimate of drug-likeness (QED) is 0.165. The standard InChI is InChI=1S/C62H38N8/c1-3-19-37(20-4-1)57-63-61(68-62(67-57)70-51-34-18-16-32-49(51)55-52(70)36-35-48-43-27-15-17-33-50(43)69(56(48)55)38-21-5-2-6-22-38)60-65-58(53-44-28-11-7-23-39(44)40-24-8-12-29-45(40)53)64-59(66-60)54-46-30-13-9-25-41(46)42-26-10-14-31-47(42)54/h1-36,53-54H. The summed E-state index contributed by atoms with van der Waals surface area (Å²) in [5.41, 5.74) is 15.5. The molecule has 13 aromatic rings. The van der Waals surface area contributed by atoms with Crippen molar-refractivity contribution in [3.05, 3.63) is 252 Å². The molecule has 8 nitrogen and oxygen atoms in total. The zero-order chi connectivity index (χ0) is 45.9. The maximum Gasteiger partial charge on any atom is 0.238 e. The smallest absolute Gasteiger partial charge is 0.238 e. The van der Waals surface area contributed by atoms with Gasteiger partial charge in [0.25, 0.3) is 0 Å². The average molecular weight is 895 g/mol. The van der Waals surface area contributed by atoms with E-state index in [1.54, 1.807) is 0 Å². The summed E-state index contributed by atoms with van der Waals surface area (Å²) in [6.07, 6.45) is 0. The molecule has 2 aliphatic rings. The van der Waals surface area contributed by atoms with Gasteiger partial charge in [-0.3, -0.25) is 4.57 Å². The lowest BCUT2D eigenvalue weighted by Gasteiger charge is -2.18. The first-order valence-electron chi connectivity index (χ1n) is 23.7. The predicted octanol–water partition coefficient (Wildman–Crippen LogP) is 13.9. The van der Waals surface area contributed by atoms with E-state index < -0.39 is 0 Å². The van der Waals surface area contributed by atoms with Crippen molar-refractivity contribution in [1.29, 1.82) is 0 Å². The van der Waals surface area contributed by atoms with E-state index in [2.05, 4.69) is 197 Å². The van der Waals surface area contributed by atoms with Gasteiger partial charge in [0, 0.05) is 32.8 Å². The van der Waals surface area contributed by atoms with Crippen molar-refractivity contribution in [3.8, 4) is 56.9 Å². The molecule has 0 atom stereocenters. The van der Waals surface area contributed by atoms with Gasteiger partial charge in [0.1, 0.15) is 11.6 Å². The van der Waals surface area contributed by atoms with Crippen LogP contribution in [0.4, 0.5) is 0 Å². The molecule has 0 aliphatic heterocycles. The van der Waals surface area contributed by atoms with E-state index in [1.165, 1.54) is 33.0 Å². The maximum absolute atomic E-state index is 5.53. The Balaban J connectivity index is 1.02. The second kappa shape index (κ2) is 15.1. The number of nitrogens with zero attached hydrogens (tertiary/aromatic N) is 8. The number of hydrogen-bond donors (Lipinski definition) is 0. The molecular formula is C62H38N8. The first kappa shape index (κ1) is 38.7. The minimum Gasteiger partial charge on any atom is -0.309 e. The highest BCUT2D eigenvalue weighted by atomic mass is 15.2. The number of para-hydroxylation sites is 3. The lowest BCUT2D eigenvalue weighted by Crippen LogP contribution is -2.15. The topological polar surface area (TPSA) is 87.2 Å². The van der Waals surface area contributed by atoms with Gasteiger partial charge in [-0.1, -0.05) is 188 Å². The van der Waals surface area contributed by atoms with Crippen LogP contribution in [-0.4, -0.2) is 39.0 Å². The van der Waals surface area contributed by atoms with Crippen molar-refractivity contribution in [2.24, 2.45) is 0 Å². The van der Waals surface area contributed by atoms with Crippen molar-refractivity contribution in [2.45, 2.75) is 11.8 Å². The van der Waals surface area contributed by atoms with Crippen LogP contribution in [-0.2, 0) is 0 Å². The zero-order valence-electron chi connectivity index (χ0n) is 37.5. The monoisotopic (exact) mass is 894 g/mol. The van der Waals surface area contributed by atoms with E-state index in [1.807, 2.05) is 30.3 Å². The van der Waals surface area contributed by atoms with Crippen molar-refractivity contribution >= 4 is 43.6 Å². The van der Waals surface area contributed by atoms with Gasteiger partial charge < -0.3 is 4.57 Å². The molecule has 0 unspecified atom stereocenters. The molecular weight excluding hydrogens is 857 g/mol. The molecule has 70 heavy (non-hydrogen) atoms. The number of fused-ring (bicyclic) bond motifs is 13. The highest BCUT2D eigenvalue weighted by molar-refractivity contribution is 6.26. The van der Waals surface area contributed by atoms with Crippen LogP contribution in [0.15, 0.2) is 218 Å². The van der Waals surface area contributed by atoms with E-state index in [-0.39, 0.29) is 11.8 Å². The Morgan fingerprint density at radius 2 is 0.757 bits per heavy atom. The van der Waals surface area contributed by atoms with Crippen molar-refractivity contribution in [3.63, 3.8) is 0 Å². The predicted molar refractivity (Wildman–Crippen MR) is 278 cm³/mol. The van der Waals surface area contributed by atoms with Gasteiger partial charge in [-0.25, -0.2) is 19.9 Å². The summed E-state index contributed by atoms with van der Waals surface area (Å²) >= 11 is 0. The number of aromatic nitrogens is 8. The summed E-state index contributed by atoms with van der Waals surface area (Å²) in [7, 11) is 0. The van der Waals surface area contributed by atoms with Crippen LogP contribution in [0.25, 0.3) is 101 Å². The van der Waals surface area contributed by atoms with Crippen molar-refractivity contribution in [1.82, 2.24) is 39.0 Å². The molecule has 326 valence electrons. The van der Waals surface area contributed by atoms with Crippen LogP contribution >= 0.6 is 0 Å². The van der Waals surface area contributed by atoms with Gasteiger partial charge in [0.05, 0.1) is 33.9 Å². The third-order valence-corrected chi connectivity index (χ3v) is 14.4. The van der Waals surface area contributed by atoms with Crippen LogP contribution in [0.1, 0.15) is 45.7 Å². The Labute approximate surface area is 401 Å². The van der Waals surface area contributed by atoms with Crippen molar-refractivity contribution < 1.29 is 0 Å². The van der Waals surface area contributed by atoms with E-state index in [4.69, 9.17) is 29.9 Å². The SMILES string of the molecule is c1ccc(-c2nc(-c3nc(C4c5ccccc5-c5ccccc54)nc(C4c5ccccc5-c5ccccc54)n3)nc(-n3c4ccccc4c4c3ccc3c5ccccc5n(-c5ccccc5)c34)n2)cc1. The van der Waals surface area contributed by atoms with Gasteiger partial charge in [0.2, 0.25) is 17.6 Å². The molecule has 0 amide bonds. The fourth-order valence-electron chi connectivity index (χ4n) is 11.5. The van der Waals surface area contributed by atoms with Crippen molar-refractivity contribution in [2.75, 3.05) is 0 Å². The van der Waals surface area contributed by atoms with Gasteiger partial charge in [-0.2, -0.15) is 9.97 Å². The van der Waals surface area contributed by atoms with Crippen LogP contribution in [0.2, 0.25) is 0 Å². The molecule has 15 rings (SSSR count). The minimum absolute atomic E-state index is 0.245. The molecule has 0 radical (unpaired) electrons. The Kier molecular flexibility index (Phi) is 8.32. The molecule has 0 spiro atoms. The molecule has 0 bridgehead atoms.